The van der Waals surface area contributed by atoms with Gasteiger partial charge >= 0.3 is 0 Å². The third-order valence-electron chi connectivity index (χ3n) is 3.98. The molecule has 2 aromatic carbocycles. The fourth-order valence-corrected chi connectivity index (χ4v) is 5.52. The van der Waals surface area contributed by atoms with Gasteiger partial charge < -0.3 is 19.5 Å². The van der Waals surface area contributed by atoms with Crippen LogP contribution in [0, 0.1) is 0 Å². The summed E-state index contributed by atoms with van der Waals surface area (Å²) in [5.74, 6) is 4.09. The molecule has 0 atom stereocenters. The lowest BCUT2D eigenvalue weighted by molar-refractivity contribution is -0.118. The maximum Gasteiger partial charge on any atom is 0.262 e. The number of hydrogen-bond acceptors (Lipinski definition) is 6. The number of benzene rings is 2. The zero-order valence-corrected chi connectivity index (χ0v) is 17.0. The van der Waals surface area contributed by atoms with Crippen molar-refractivity contribution in [3.8, 4) is 17.2 Å². The van der Waals surface area contributed by atoms with Gasteiger partial charge in [-0.15, -0.1) is 23.5 Å². The van der Waals surface area contributed by atoms with Gasteiger partial charge in [0.05, 0.1) is 18.8 Å². The summed E-state index contributed by atoms with van der Waals surface area (Å²) >= 11 is 3.97. The van der Waals surface area contributed by atoms with Crippen molar-refractivity contribution in [2.45, 2.75) is 11.0 Å². The summed E-state index contributed by atoms with van der Waals surface area (Å²) in [7, 11) is 3.13. The van der Waals surface area contributed by atoms with E-state index in [0.717, 1.165) is 0 Å². The van der Waals surface area contributed by atoms with E-state index in [4.69, 9.17) is 14.2 Å². The van der Waals surface area contributed by atoms with Crippen molar-refractivity contribution < 1.29 is 19.0 Å². The molecule has 3 rings (SSSR count). The van der Waals surface area contributed by atoms with Crippen LogP contribution < -0.4 is 19.5 Å². The molecule has 0 aromatic heterocycles. The highest BCUT2D eigenvalue weighted by molar-refractivity contribution is 8.16. The minimum atomic E-state index is -0.243. The lowest BCUT2D eigenvalue weighted by Crippen LogP contribution is -2.20. The number of rotatable bonds is 7. The first-order valence-corrected chi connectivity index (χ1v) is 10.8. The van der Waals surface area contributed by atoms with E-state index >= 15 is 0 Å². The zero-order valence-electron chi connectivity index (χ0n) is 15.4. The van der Waals surface area contributed by atoms with E-state index < -0.39 is 0 Å². The fourth-order valence-electron chi connectivity index (χ4n) is 2.63. The van der Waals surface area contributed by atoms with Crippen LogP contribution in [0.4, 0.5) is 5.69 Å². The molecule has 1 saturated heterocycles. The first kappa shape index (κ1) is 19.8. The van der Waals surface area contributed by atoms with Gasteiger partial charge in [-0.3, -0.25) is 4.79 Å². The molecule has 7 heteroatoms. The highest BCUT2D eigenvalue weighted by Crippen LogP contribution is 2.43. The molecule has 144 valence electrons. The Hall–Kier alpha value is -1.99. The second-order valence-corrected chi connectivity index (χ2v) is 8.66. The van der Waals surface area contributed by atoms with Gasteiger partial charge in [0.15, 0.2) is 6.61 Å². The van der Waals surface area contributed by atoms with Crippen molar-refractivity contribution in [2.75, 3.05) is 37.6 Å². The van der Waals surface area contributed by atoms with E-state index in [1.807, 2.05) is 35.7 Å². The monoisotopic (exact) mass is 405 g/mol. The first-order chi connectivity index (χ1) is 13.2. The second kappa shape index (κ2) is 9.80. The van der Waals surface area contributed by atoms with Crippen LogP contribution in [-0.2, 0) is 4.79 Å². The van der Waals surface area contributed by atoms with Gasteiger partial charge in [-0.2, -0.15) is 0 Å². The van der Waals surface area contributed by atoms with E-state index in [0.29, 0.717) is 27.5 Å². The van der Waals surface area contributed by atoms with E-state index in [1.165, 1.54) is 23.5 Å². The van der Waals surface area contributed by atoms with Gasteiger partial charge in [-0.1, -0.05) is 12.1 Å². The minimum Gasteiger partial charge on any atom is -0.497 e. The van der Waals surface area contributed by atoms with E-state index in [2.05, 4.69) is 17.4 Å². The number of anilines is 1. The van der Waals surface area contributed by atoms with Crippen LogP contribution in [0.25, 0.3) is 0 Å². The summed E-state index contributed by atoms with van der Waals surface area (Å²) in [4.78, 5) is 12.2. The Kier molecular flexibility index (Phi) is 7.18. The number of ether oxygens (including phenoxy) is 3. The standard InChI is InChI=1S/C20H23NO4S2/c1-23-17-10-15(11-18(12-17)24-2)21-19(22)13-25-16-6-4-14(5-7-16)20-26-8-3-9-27-20/h4-7,10-12,20H,3,8-9,13H2,1-2H3,(H,21,22). The van der Waals surface area contributed by atoms with Gasteiger partial charge in [0.25, 0.3) is 5.91 Å². The molecular weight excluding hydrogens is 382 g/mol. The maximum absolute atomic E-state index is 12.2. The van der Waals surface area contributed by atoms with Crippen molar-refractivity contribution in [3.05, 3.63) is 48.0 Å². The average molecular weight is 406 g/mol. The summed E-state index contributed by atoms with van der Waals surface area (Å²) in [5.41, 5.74) is 1.89. The van der Waals surface area contributed by atoms with Crippen molar-refractivity contribution in [2.24, 2.45) is 0 Å². The lowest BCUT2D eigenvalue weighted by Gasteiger charge is -2.21. The smallest absolute Gasteiger partial charge is 0.262 e. The SMILES string of the molecule is COc1cc(NC(=O)COc2ccc(C3SCCCS3)cc2)cc(OC)c1. The zero-order chi connectivity index (χ0) is 19.1. The maximum atomic E-state index is 12.2. The topological polar surface area (TPSA) is 56.8 Å². The number of carbonyl (C=O) groups excluding carboxylic acids is 1. The minimum absolute atomic E-state index is 0.0637. The molecule has 1 aliphatic rings. The van der Waals surface area contributed by atoms with Gasteiger partial charge in [0.1, 0.15) is 17.2 Å². The predicted molar refractivity (Wildman–Crippen MR) is 112 cm³/mol. The molecule has 27 heavy (non-hydrogen) atoms. The number of nitrogens with one attached hydrogen (secondary N) is 1. The first-order valence-electron chi connectivity index (χ1n) is 8.67. The average Bonchev–Trinajstić information content (AvgIpc) is 2.73. The molecule has 0 radical (unpaired) electrons. The number of methoxy groups -OCH3 is 2. The van der Waals surface area contributed by atoms with Crippen molar-refractivity contribution >= 4 is 35.1 Å². The molecule has 1 N–H and O–H groups in total. The highest BCUT2D eigenvalue weighted by Gasteiger charge is 2.16. The quantitative estimate of drug-likeness (QED) is 0.727. The molecular formula is C20H23NO4S2. The third-order valence-corrected chi connectivity index (χ3v) is 7.00. The lowest BCUT2D eigenvalue weighted by atomic mass is 10.2. The summed E-state index contributed by atoms with van der Waals surface area (Å²) in [5, 5.41) is 2.79. The number of thioether (sulfide) groups is 2. The molecule has 0 spiro atoms. The van der Waals surface area contributed by atoms with Crippen LogP contribution >= 0.6 is 23.5 Å². The molecule has 0 aliphatic carbocycles. The number of amides is 1. The van der Waals surface area contributed by atoms with Crippen molar-refractivity contribution in [1.29, 1.82) is 0 Å². The van der Waals surface area contributed by atoms with Gasteiger partial charge in [0.2, 0.25) is 0 Å². The molecule has 1 fully saturated rings. The molecule has 1 heterocycles. The summed E-state index contributed by atoms with van der Waals surface area (Å²) < 4.78 is 16.5. The van der Waals surface area contributed by atoms with Crippen LogP contribution in [0.5, 0.6) is 17.2 Å². The van der Waals surface area contributed by atoms with Crippen molar-refractivity contribution in [3.63, 3.8) is 0 Å². The van der Waals surface area contributed by atoms with E-state index in [1.54, 1.807) is 32.4 Å². The molecule has 5 nitrogen and oxygen atoms in total. The molecule has 0 saturated carbocycles. The Bertz CT molecular complexity index is 739. The fraction of sp³-hybridized carbons (Fsp3) is 0.350. The highest BCUT2D eigenvalue weighted by atomic mass is 32.2. The Morgan fingerprint density at radius 3 is 2.22 bits per heavy atom. The van der Waals surface area contributed by atoms with Gasteiger partial charge in [0, 0.05) is 23.9 Å². The number of carbonyl (C=O) groups is 1. The van der Waals surface area contributed by atoms with Crippen LogP contribution in [0.15, 0.2) is 42.5 Å². The van der Waals surface area contributed by atoms with Gasteiger partial charge in [-0.05, 0) is 35.6 Å². The predicted octanol–water partition coefficient (Wildman–Crippen LogP) is 4.59. The summed E-state index contributed by atoms with van der Waals surface area (Å²) in [6.45, 7) is -0.0637. The molecule has 2 aromatic rings. The summed E-state index contributed by atoms with van der Waals surface area (Å²) in [6, 6.07) is 13.2. The van der Waals surface area contributed by atoms with Crippen LogP contribution in [0.2, 0.25) is 0 Å². The molecule has 0 unspecified atom stereocenters. The Morgan fingerprint density at radius 1 is 1.00 bits per heavy atom. The molecule has 1 amide bonds. The van der Waals surface area contributed by atoms with Crippen LogP contribution in [0.1, 0.15) is 16.6 Å². The summed E-state index contributed by atoms with van der Waals surface area (Å²) in [6.07, 6.45) is 1.28. The third kappa shape index (κ3) is 5.74. The largest absolute Gasteiger partial charge is 0.497 e. The Morgan fingerprint density at radius 2 is 1.63 bits per heavy atom. The number of hydrogen-bond donors (Lipinski definition) is 1. The van der Waals surface area contributed by atoms with E-state index in [9.17, 15) is 4.79 Å². The normalized spacial score (nSPS) is 14.4. The Balaban J connectivity index is 1.53. The van der Waals surface area contributed by atoms with Crippen molar-refractivity contribution in [1.82, 2.24) is 0 Å². The molecule has 1 aliphatic heterocycles. The second-order valence-electron chi connectivity index (χ2n) is 5.93. The van der Waals surface area contributed by atoms with Crippen LogP contribution in [-0.4, -0.2) is 38.2 Å². The Labute approximate surface area is 168 Å². The van der Waals surface area contributed by atoms with E-state index in [-0.39, 0.29) is 12.5 Å². The molecule has 0 bridgehead atoms. The van der Waals surface area contributed by atoms with Gasteiger partial charge in [-0.25, -0.2) is 0 Å². The van der Waals surface area contributed by atoms with Crippen LogP contribution in [0.3, 0.4) is 0 Å².